The molecule has 0 aliphatic carbocycles. The van der Waals surface area contributed by atoms with Crippen LogP contribution in [-0.4, -0.2) is 17.7 Å². The zero-order chi connectivity index (χ0) is 16.2. The van der Waals surface area contributed by atoms with Gasteiger partial charge in [-0.2, -0.15) is 0 Å². The fraction of sp³-hybridized carbons (Fsp3) is 0.111. The lowest BCUT2D eigenvalue weighted by atomic mass is 10.2. The molecule has 0 radical (unpaired) electrons. The van der Waals surface area contributed by atoms with E-state index in [0.717, 1.165) is 5.56 Å². The van der Waals surface area contributed by atoms with E-state index in [1.807, 2.05) is 60.7 Å². The van der Waals surface area contributed by atoms with Gasteiger partial charge in [-0.1, -0.05) is 41.0 Å². The van der Waals surface area contributed by atoms with Crippen molar-refractivity contribution in [2.75, 3.05) is 6.61 Å². The highest BCUT2D eigenvalue weighted by Crippen LogP contribution is 2.26. The molecule has 0 saturated carbocycles. The van der Waals surface area contributed by atoms with Crippen LogP contribution in [0.5, 0.6) is 5.88 Å². The highest BCUT2D eigenvalue weighted by Gasteiger charge is 2.36. The average Bonchev–Trinajstić information content (AvgIpc) is 2.94. The quantitative estimate of drug-likeness (QED) is 0.594. The minimum atomic E-state index is -0.697. The van der Waals surface area contributed by atoms with E-state index in [2.05, 4.69) is 0 Å². The number of oxazole rings is 1. The van der Waals surface area contributed by atoms with E-state index in [0.29, 0.717) is 11.6 Å². The molecule has 3 rings (SSSR count). The number of ether oxygens (including phenoxy) is 1. The predicted octanol–water partition coefficient (Wildman–Crippen LogP) is 3.11. The number of esters is 1. The lowest BCUT2D eigenvalue weighted by Crippen LogP contribution is -2.31. The highest BCUT2D eigenvalue weighted by molar-refractivity contribution is 5.88. The first-order chi connectivity index (χ1) is 11.2. The number of para-hydroxylation sites is 1. The molecule has 2 aromatic carbocycles. The van der Waals surface area contributed by atoms with Crippen molar-refractivity contribution in [3.63, 3.8) is 0 Å². The largest absolute Gasteiger partial charge is 0.460 e. The summed E-state index contributed by atoms with van der Waals surface area (Å²) in [5.41, 5.74) is 1.42. The summed E-state index contributed by atoms with van der Waals surface area (Å²) in [5.74, 6) is -0.836. The summed E-state index contributed by atoms with van der Waals surface area (Å²) in [5, 5.41) is 10.5. The molecule has 1 N–H and O–H groups in total. The Hall–Kier alpha value is -3.08. The van der Waals surface area contributed by atoms with Crippen LogP contribution in [0.25, 0.3) is 17.1 Å². The minimum absolute atomic E-state index is 0.199. The van der Waals surface area contributed by atoms with Gasteiger partial charge in [-0.3, -0.25) is 0 Å². The monoisotopic (exact) mass is 310 g/mol. The number of aromatic hydroxyl groups is 1. The lowest BCUT2D eigenvalue weighted by molar-refractivity contribution is -0.594. The molecule has 3 aromatic rings. The SMILES string of the molecule is CCOC(=O)c1oc(-c2ccccc2)[n+](-c2ccccc2)c1O. The molecule has 0 spiro atoms. The third-order valence-electron chi connectivity index (χ3n) is 3.31. The van der Waals surface area contributed by atoms with Crippen molar-refractivity contribution < 1.29 is 23.6 Å². The second kappa shape index (κ2) is 6.36. The lowest BCUT2D eigenvalue weighted by Gasteiger charge is -1.96. The van der Waals surface area contributed by atoms with Gasteiger partial charge in [0.2, 0.25) is 5.69 Å². The molecule has 0 aliphatic rings. The molecule has 116 valence electrons. The van der Waals surface area contributed by atoms with Crippen LogP contribution in [0.15, 0.2) is 65.1 Å². The normalized spacial score (nSPS) is 10.5. The van der Waals surface area contributed by atoms with Gasteiger partial charge < -0.3 is 14.3 Å². The zero-order valence-corrected chi connectivity index (χ0v) is 12.6. The first-order valence-corrected chi connectivity index (χ1v) is 7.28. The van der Waals surface area contributed by atoms with Gasteiger partial charge >= 0.3 is 23.5 Å². The number of carbonyl (C=O) groups excluding carboxylic acids is 1. The maximum Gasteiger partial charge on any atom is 0.426 e. The van der Waals surface area contributed by atoms with Crippen LogP contribution in [0.3, 0.4) is 0 Å². The van der Waals surface area contributed by atoms with Gasteiger partial charge in [0.05, 0.1) is 12.2 Å². The maximum absolute atomic E-state index is 12.0. The van der Waals surface area contributed by atoms with Gasteiger partial charge in [0.1, 0.15) is 0 Å². The van der Waals surface area contributed by atoms with Crippen molar-refractivity contribution in [2.45, 2.75) is 6.92 Å². The average molecular weight is 310 g/mol. The summed E-state index contributed by atoms with van der Waals surface area (Å²) in [6, 6.07) is 18.5. The van der Waals surface area contributed by atoms with E-state index >= 15 is 0 Å². The summed E-state index contributed by atoms with van der Waals surface area (Å²) in [6.45, 7) is 1.90. The predicted molar refractivity (Wildman–Crippen MR) is 83.3 cm³/mol. The minimum Gasteiger partial charge on any atom is -0.460 e. The Bertz CT molecular complexity index is 810. The topological polar surface area (TPSA) is 63.5 Å². The Labute approximate surface area is 133 Å². The molecule has 0 bridgehead atoms. The molecular weight excluding hydrogens is 294 g/mol. The maximum atomic E-state index is 12.0. The van der Waals surface area contributed by atoms with Crippen molar-refractivity contribution in [1.82, 2.24) is 0 Å². The second-order valence-corrected chi connectivity index (χ2v) is 4.82. The van der Waals surface area contributed by atoms with Gasteiger partial charge in [-0.15, -0.1) is 0 Å². The van der Waals surface area contributed by atoms with Gasteiger partial charge in [-0.25, -0.2) is 4.79 Å². The molecule has 0 fully saturated rings. The van der Waals surface area contributed by atoms with Gasteiger partial charge in [-0.05, 0) is 19.1 Å². The van der Waals surface area contributed by atoms with E-state index in [1.165, 1.54) is 4.57 Å². The summed E-state index contributed by atoms with van der Waals surface area (Å²) in [7, 11) is 0. The Morgan fingerprint density at radius 3 is 2.30 bits per heavy atom. The number of carbonyl (C=O) groups is 1. The van der Waals surface area contributed by atoms with Crippen LogP contribution in [0, 0.1) is 0 Å². The first-order valence-electron chi connectivity index (χ1n) is 7.28. The number of hydrogen-bond donors (Lipinski definition) is 1. The molecule has 0 saturated heterocycles. The molecule has 5 heteroatoms. The van der Waals surface area contributed by atoms with Crippen molar-refractivity contribution in [2.24, 2.45) is 0 Å². The van der Waals surface area contributed by atoms with Gasteiger partial charge in [0.25, 0.3) is 0 Å². The van der Waals surface area contributed by atoms with Crippen LogP contribution < -0.4 is 4.57 Å². The Morgan fingerprint density at radius 1 is 1.09 bits per heavy atom. The second-order valence-electron chi connectivity index (χ2n) is 4.82. The molecule has 1 aromatic heterocycles. The van der Waals surface area contributed by atoms with Crippen LogP contribution >= 0.6 is 0 Å². The Morgan fingerprint density at radius 2 is 1.70 bits per heavy atom. The van der Waals surface area contributed by atoms with E-state index < -0.39 is 5.97 Å². The van der Waals surface area contributed by atoms with Crippen molar-refractivity contribution in [3.05, 3.63) is 66.4 Å². The van der Waals surface area contributed by atoms with E-state index in [1.54, 1.807) is 6.92 Å². The van der Waals surface area contributed by atoms with Crippen LogP contribution in [0.4, 0.5) is 0 Å². The summed E-state index contributed by atoms with van der Waals surface area (Å²) >= 11 is 0. The van der Waals surface area contributed by atoms with Crippen LogP contribution in [0.1, 0.15) is 17.5 Å². The first kappa shape index (κ1) is 14.8. The standard InChI is InChI=1S/C18H15NO4/c1-2-22-18(21)15-16(20)19(14-11-7-4-8-12-14)17(23-15)13-9-5-3-6-10-13/h3-12H,2H2,1H3/p+1. The summed E-state index contributed by atoms with van der Waals surface area (Å²) in [4.78, 5) is 12.0. The van der Waals surface area contributed by atoms with Crippen LogP contribution in [-0.2, 0) is 4.74 Å². The number of rotatable bonds is 4. The number of benzene rings is 2. The molecule has 0 unspecified atom stereocenters. The fourth-order valence-corrected chi connectivity index (χ4v) is 2.30. The summed E-state index contributed by atoms with van der Waals surface area (Å²) < 4.78 is 12.1. The van der Waals surface area contributed by atoms with Gasteiger partial charge in [0, 0.05) is 12.1 Å². The van der Waals surface area contributed by atoms with E-state index in [9.17, 15) is 9.90 Å². The number of nitrogens with zero attached hydrogens (tertiary/aromatic N) is 1. The number of hydrogen-bond acceptors (Lipinski definition) is 4. The van der Waals surface area contributed by atoms with E-state index in [-0.39, 0.29) is 18.2 Å². The molecule has 0 aliphatic heterocycles. The van der Waals surface area contributed by atoms with Crippen molar-refractivity contribution in [3.8, 4) is 23.0 Å². The molecule has 0 atom stereocenters. The van der Waals surface area contributed by atoms with Crippen molar-refractivity contribution >= 4 is 5.97 Å². The number of aromatic nitrogens is 1. The Kier molecular flexibility index (Phi) is 4.10. The third kappa shape index (κ3) is 2.81. The molecular formula is C18H16NO4+. The molecule has 0 amide bonds. The Balaban J connectivity index is 2.21. The third-order valence-corrected chi connectivity index (χ3v) is 3.31. The molecule has 1 heterocycles. The molecule has 5 nitrogen and oxygen atoms in total. The van der Waals surface area contributed by atoms with Crippen LogP contribution in [0.2, 0.25) is 0 Å². The highest BCUT2D eigenvalue weighted by atomic mass is 16.5. The van der Waals surface area contributed by atoms with E-state index in [4.69, 9.17) is 9.15 Å². The van der Waals surface area contributed by atoms with Gasteiger partial charge in [0.15, 0.2) is 0 Å². The fourth-order valence-electron chi connectivity index (χ4n) is 2.30. The smallest absolute Gasteiger partial charge is 0.426 e. The van der Waals surface area contributed by atoms with Crippen molar-refractivity contribution in [1.29, 1.82) is 0 Å². The molecule has 23 heavy (non-hydrogen) atoms. The summed E-state index contributed by atoms with van der Waals surface area (Å²) in [6.07, 6.45) is 0. The zero-order valence-electron chi connectivity index (χ0n) is 12.6.